The van der Waals surface area contributed by atoms with Gasteiger partial charge in [0.2, 0.25) is 11.8 Å². The Morgan fingerprint density at radius 1 is 0.836 bits per heavy atom. The van der Waals surface area contributed by atoms with E-state index >= 15 is 0 Å². The van der Waals surface area contributed by atoms with Gasteiger partial charge in [0.25, 0.3) is 11.8 Å². The molecule has 1 aliphatic carbocycles. The fourth-order valence-electron chi connectivity index (χ4n) is 8.80. The molecule has 6 heterocycles. The number of aryl methyl sites for hydroxylation is 4. The van der Waals surface area contributed by atoms with Gasteiger partial charge >= 0.3 is 0 Å². The lowest BCUT2D eigenvalue weighted by atomic mass is 9.97. The van der Waals surface area contributed by atoms with Crippen molar-refractivity contribution in [3.63, 3.8) is 0 Å². The highest BCUT2D eigenvalue weighted by atomic mass is 16.5. The van der Waals surface area contributed by atoms with Crippen molar-refractivity contribution in [2.24, 2.45) is 0 Å². The van der Waals surface area contributed by atoms with Crippen LogP contribution in [0, 0.1) is 20.8 Å². The van der Waals surface area contributed by atoms with Crippen LogP contribution in [0.4, 0.5) is 17.3 Å². The van der Waals surface area contributed by atoms with Crippen LogP contribution in [0.5, 0.6) is 0 Å². The Hall–Kier alpha value is -6.54. The van der Waals surface area contributed by atoms with E-state index in [9.17, 15) is 19.2 Å². The minimum Gasteiger partial charge on any atom is -0.384 e. The Balaban J connectivity index is 0.693. The summed E-state index contributed by atoms with van der Waals surface area (Å²) in [4.78, 5) is 64.8. The summed E-state index contributed by atoms with van der Waals surface area (Å²) in [6.45, 7) is 12.7. The van der Waals surface area contributed by atoms with Crippen molar-refractivity contribution >= 4 is 62.9 Å². The van der Waals surface area contributed by atoms with Gasteiger partial charge in [0.1, 0.15) is 35.7 Å². The summed E-state index contributed by atoms with van der Waals surface area (Å²) in [6.07, 6.45) is 3.85. The number of ether oxygens (including phenoxy) is 4. The zero-order valence-corrected chi connectivity index (χ0v) is 38.3. The maximum Gasteiger partial charge on any atom is 0.264 e. The molecular weight excluding hydrogens is 861 g/mol. The van der Waals surface area contributed by atoms with Crippen molar-refractivity contribution in [2.45, 2.75) is 91.3 Å². The predicted octanol–water partition coefficient (Wildman–Crippen LogP) is 6.39. The van der Waals surface area contributed by atoms with Crippen LogP contribution in [0.25, 0.3) is 33.1 Å². The van der Waals surface area contributed by atoms with E-state index in [1.165, 1.54) is 12.8 Å². The molecule has 3 aliphatic rings. The van der Waals surface area contributed by atoms with Gasteiger partial charge in [-0.15, -0.1) is 0 Å². The molecule has 1 atom stereocenters. The zero-order chi connectivity index (χ0) is 46.6. The zero-order valence-electron chi connectivity index (χ0n) is 38.3. The smallest absolute Gasteiger partial charge is 0.264 e. The number of anilines is 3. The number of carbonyl (C=O) groups excluding carboxylic acids is 4. The van der Waals surface area contributed by atoms with Crippen LogP contribution in [0.3, 0.4) is 0 Å². The quantitative estimate of drug-likeness (QED) is 0.0403. The first-order valence-corrected chi connectivity index (χ1v) is 23.1. The first kappa shape index (κ1) is 45.6. The van der Waals surface area contributed by atoms with E-state index in [2.05, 4.69) is 58.1 Å². The highest BCUT2D eigenvalue weighted by Crippen LogP contribution is 2.42. The average molecular weight is 917 g/mol. The number of hydrogen-bond donors (Lipinski definition) is 4. The van der Waals surface area contributed by atoms with Gasteiger partial charge in [-0.2, -0.15) is 5.10 Å². The van der Waals surface area contributed by atoms with E-state index in [-0.39, 0.29) is 30.6 Å². The molecule has 0 spiro atoms. The van der Waals surface area contributed by atoms with E-state index < -0.39 is 29.7 Å². The van der Waals surface area contributed by atoms with Crippen LogP contribution in [0.1, 0.15) is 101 Å². The summed E-state index contributed by atoms with van der Waals surface area (Å²) in [7, 11) is 0. The molecule has 352 valence electrons. The summed E-state index contributed by atoms with van der Waals surface area (Å²) in [6, 6.07) is 10.4. The number of nitrogens with one attached hydrogen (secondary N) is 4. The molecule has 4 N–H and O–H groups in total. The first-order chi connectivity index (χ1) is 32.6. The molecule has 2 fully saturated rings. The molecule has 1 saturated heterocycles. The monoisotopic (exact) mass is 916 g/mol. The van der Waals surface area contributed by atoms with E-state index in [4.69, 9.17) is 38.5 Å². The molecule has 9 rings (SSSR count). The lowest BCUT2D eigenvalue weighted by Gasteiger charge is -2.27. The van der Waals surface area contributed by atoms with Crippen LogP contribution < -0.4 is 16.0 Å². The van der Waals surface area contributed by atoms with Crippen molar-refractivity contribution in [2.75, 3.05) is 63.4 Å². The number of nitrogens with zero attached hydrogens (tertiary/aromatic N) is 6. The number of rotatable bonds is 23. The molecule has 1 unspecified atom stereocenters. The third-order valence-electron chi connectivity index (χ3n) is 12.3. The first-order valence-electron chi connectivity index (χ1n) is 23.1. The van der Waals surface area contributed by atoms with Crippen LogP contribution in [-0.2, 0) is 41.7 Å². The molecule has 67 heavy (non-hydrogen) atoms. The van der Waals surface area contributed by atoms with Gasteiger partial charge in [0.05, 0.1) is 54.3 Å². The minimum atomic E-state index is -1.01. The van der Waals surface area contributed by atoms with Gasteiger partial charge in [-0.05, 0) is 95.2 Å². The summed E-state index contributed by atoms with van der Waals surface area (Å²) < 4.78 is 30.7. The van der Waals surface area contributed by atoms with Crippen LogP contribution in [-0.4, -0.2) is 117 Å². The number of piperidine rings is 1. The van der Waals surface area contributed by atoms with E-state index in [0.717, 1.165) is 67.4 Å². The van der Waals surface area contributed by atoms with E-state index in [1.807, 2.05) is 18.5 Å². The van der Waals surface area contributed by atoms with Crippen LogP contribution in [0.15, 0.2) is 40.9 Å². The average Bonchev–Trinajstić information content (AvgIpc) is 3.77. The molecule has 6 aromatic rings. The third-order valence-corrected chi connectivity index (χ3v) is 12.3. The second-order valence-corrected chi connectivity index (χ2v) is 17.1. The maximum absolute atomic E-state index is 13.3. The molecular formula is C48H56N10O9. The number of benzene rings is 2. The van der Waals surface area contributed by atoms with Crippen molar-refractivity contribution in [1.29, 1.82) is 0 Å². The number of fused-ring (bicyclic) bond motifs is 4. The van der Waals surface area contributed by atoms with Crippen LogP contribution >= 0.6 is 0 Å². The molecule has 2 aliphatic heterocycles. The molecule has 19 heteroatoms. The van der Waals surface area contributed by atoms with E-state index in [1.54, 1.807) is 18.2 Å². The summed E-state index contributed by atoms with van der Waals surface area (Å²) in [5.74, 6) is 1.30. The summed E-state index contributed by atoms with van der Waals surface area (Å²) in [5.41, 5.74) is 7.72. The Morgan fingerprint density at radius 3 is 2.33 bits per heavy atom. The minimum absolute atomic E-state index is 0.0676. The molecule has 2 aromatic carbocycles. The number of amides is 4. The van der Waals surface area contributed by atoms with Gasteiger partial charge in [-0.25, -0.2) is 14.6 Å². The Bertz CT molecular complexity index is 2810. The standard InChI is InChI=1S/C48H56N10O9/c1-5-57-39(25-35(55-57)30-11-12-30)53-45-43-33-23-27(2)32(41-28(3)56-67-29(41)4)24-36(33)50-44(43)51-38(52-45)26-66-18-8-17-64-20-22-65-21-19-63-16-7-15-49-34-10-6-9-31-42(34)48(62)58(47(31)61)37-13-14-40(59)54-46(37)60/h6,9-10,23-25,30,37,49H,5,7-8,11-22,26H2,1-4H3,(H,54,59,60)(H2,50,51,52,53). The van der Waals surface area contributed by atoms with Gasteiger partial charge < -0.3 is 39.1 Å². The Morgan fingerprint density at radius 2 is 1.60 bits per heavy atom. The Kier molecular flexibility index (Phi) is 13.7. The number of aromatic nitrogens is 6. The van der Waals surface area contributed by atoms with Crippen molar-refractivity contribution < 1.29 is 42.6 Å². The SMILES string of the molecule is CCn1nc(C2CC2)cc1Nc1nc(COCCCOCCOCCOCCCNc2cccc3c2C(=O)N(C2CCC(=O)NC2=O)C3=O)nc2[nH]c3cc(-c4c(C)noc4C)c(C)cc3c12. The van der Waals surface area contributed by atoms with Crippen LogP contribution in [0.2, 0.25) is 0 Å². The molecule has 0 radical (unpaired) electrons. The van der Waals surface area contributed by atoms with Crippen molar-refractivity contribution in [3.05, 3.63) is 76.1 Å². The second kappa shape index (κ2) is 20.1. The number of hydrogen-bond acceptors (Lipinski definition) is 15. The fourth-order valence-corrected chi connectivity index (χ4v) is 8.80. The molecule has 0 bridgehead atoms. The number of carbonyl (C=O) groups is 4. The largest absolute Gasteiger partial charge is 0.384 e. The Labute approximate surface area is 386 Å². The second-order valence-electron chi connectivity index (χ2n) is 17.1. The summed E-state index contributed by atoms with van der Waals surface area (Å²) >= 11 is 0. The maximum atomic E-state index is 13.3. The molecule has 19 nitrogen and oxygen atoms in total. The topological polar surface area (TPSA) is 230 Å². The molecule has 1 saturated carbocycles. The van der Waals surface area contributed by atoms with Crippen molar-refractivity contribution in [1.82, 2.24) is 40.1 Å². The summed E-state index contributed by atoms with van der Waals surface area (Å²) in [5, 5.41) is 20.0. The highest BCUT2D eigenvalue weighted by Gasteiger charge is 2.45. The lowest BCUT2D eigenvalue weighted by Crippen LogP contribution is -2.54. The van der Waals surface area contributed by atoms with Gasteiger partial charge in [-0.3, -0.25) is 29.4 Å². The third kappa shape index (κ3) is 9.81. The highest BCUT2D eigenvalue weighted by molar-refractivity contribution is 6.25. The fraction of sp³-hybridized carbons (Fsp3) is 0.458. The van der Waals surface area contributed by atoms with Gasteiger partial charge in [0.15, 0.2) is 5.82 Å². The normalized spacial score (nSPS) is 16.2. The van der Waals surface area contributed by atoms with Gasteiger partial charge in [-0.1, -0.05) is 11.2 Å². The molecule has 4 amide bonds. The number of aromatic amines is 1. The molecule has 4 aromatic heterocycles. The van der Waals surface area contributed by atoms with Gasteiger partial charge in [0, 0.05) is 73.5 Å². The number of imide groups is 2. The number of H-pyrrole nitrogens is 1. The predicted molar refractivity (Wildman–Crippen MR) is 247 cm³/mol. The van der Waals surface area contributed by atoms with Crippen molar-refractivity contribution in [3.8, 4) is 11.1 Å². The van der Waals surface area contributed by atoms with E-state index in [0.29, 0.717) is 94.5 Å². The lowest BCUT2D eigenvalue weighted by molar-refractivity contribution is -0.136.